The zero-order valence-corrected chi connectivity index (χ0v) is 18.3. The van der Waals surface area contributed by atoms with Crippen molar-refractivity contribution in [2.75, 3.05) is 0 Å². The molecule has 0 radical (unpaired) electrons. The molecule has 4 nitrogen and oxygen atoms in total. The Kier molecular flexibility index (Phi) is 5.32. The summed E-state index contributed by atoms with van der Waals surface area (Å²) in [6, 6.07) is 22.8. The highest BCUT2D eigenvalue weighted by Crippen LogP contribution is 2.36. The van der Waals surface area contributed by atoms with Gasteiger partial charge in [-0.05, 0) is 58.9 Å². The van der Waals surface area contributed by atoms with Gasteiger partial charge in [0.25, 0.3) is 5.91 Å². The summed E-state index contributed by atoms with van der Waals surface area (Å²) in [6.45, 7) is 0. The highest BCUT2D eigenvalue weighted by molar-refractivity contribution is 8.18. The van der Waals surface area contributed by atoms with Gasteiger partial charge >= 0.3 is 0 Å². The van der Waals surface area contributed by atoms with Gasteiger partial charge in [0.15, 0.2) is 5.17 Å². The fourth-order valence-electron chi connectivity index (χ4n) is 3.27. The summed E-state index contributed by atoms with van der Waals surface area (Å²) in [5.41, 5.74) is 1.40. The second-order valence-corrected chi connectivity index (χ2v) is 8.66. The Labute approximate surface area is 192 Å². The first-order valence-corrected chi connectivity index (χ1v) is 11.0. The first-order valence-electron chi connectivity index (χ1n) is 9.39. The van der Waals surface area contributed by atoms with Gasteiger partial charge in [0.05, 0.1) is 26.2 Å². The van der Waals surface area contributed by atoms with Crippen LogP contribution in [0.1, 0.15) is 5.76 Å². The van der Waals surface area contributed by atoms with Gasteiger partial charge in [0.1, 0.15) is 11.5 Å². The van der Waals surface area contributed by atoms with Crippen LogP contribution in [0.2, 0.25) is 10.0 Å². The standard InChI is InChI=1S/C24H14Cl2N2O2S/c25-18-6-3-7-19(26)22(18)20-11-10-17(30-20)13-21-23(29)28-24(31-21)27-16-9-8-14-4-1-2-5-15(14)12-16/h1-13H,(H,27,28,29). The number of halogens is 2. The molecule has 3 aromatic carbocycles. The predicted octanol–water partition coefficient (Wildman–Crippen LogP) is 7.30. The van der Waals surface area contributed by atoms with E-state index < -0.39 is 0 Å². The van der Waals surface area contributed by atoms with E-state index >= 15 is 0 Å². The number of amidine groups is 1. The number of carbonyl (C=O) groups is 1. The molecule has 1 amide bonds. The molecule has 7 heteroatoms. The number of benzene rings is 3. The van der Waals surface area contributed by atoms with Crippen LogP contribution in [0.4, 0.5) is 5.69 Å². The van der Waals surface area contributed by atoms with Gasteiger partial charge in [0, 0.05) is 6.08 Å². The molecule has 1 saturated heterocycles. The molecule has 1 fully saturated rings. The minimum absolute atomic E-state index is 0.224. The molecule has 1 aliphatic rings. The van der Waals surface area contributed by atoms with Crippen LogP contribution in [0, 0.1) is 0 Å². The minimum Gasteiger partial charge on any atom is -0.457 e. The number of furan rings is 1. The van der Waals surface area contributed by atoms with Gasteiger partial charge < -0.3 is 9.73 Å². The Morgan fingerprint density at radius 2 is 1.68 bits per heavy atom. The minimum atomic E-state index is -0.224. The highest BCUT2D eigenvalue weighted by atomic mass is 35.5. The normalized spacial score (nSPS) is 16.4. The molecule has 0 bridgehead atoms. The molecule has 0 aliphatic carbocycles. The van der Waals surface area contributed by atoms with Gasteiger partial charge in [0.2, 0.25) is 0 Å². The van der Waals surface area contributed by atoms with E-state index in [9.17, 15) is 4.79 Å². The van der Waals surface area contributed by atoms with Crippen molar-refractivity contribution in [2.24, 2.45) is 4.99 Å². The maximum absolute atomic E-state index is 12.4. The lowest BCUT2D eigenvalue weighted by molar-refractivity contribution is -0.115. The van der Waals surface area contributed by atoms with Crippen molar-refractivity contribution in [3.63, 3.8) is 0 Å². The van der Waals surface area contributed by atoms with Crippen LogP contribution >= 0.6 is 35.0 Å². The summed E-state index contributed by atoms with van der Waals surface area (Å²) >= 11 is 13.8. The molecule has 2 heterocycles. The van der Waals surface area contributed by atoms with Crippen LogP contribution in [0.3, 0.4) is 0 Å². The SMILES string of the molecule is O=C1NC(=Nc2ccc3ccccc3c2)SC1=Cc1ccc(-c2c(Cl)cccc2Cl)o1. The molecule has 0 spiro atoms. The largest absolute Gasteiger partial charge is 0.457 e. The lowest BCUT2D eigenvalue weighted by Crippen LogP contribution is -2.19. The topological polar surface area (TPSA) is 54.6 Å². The molecule has 0 unspecified atom stereocenters. The number of aliphatic imine (C=N–C) groups is 1. The van der Waals surface area contributed by atoms with Crippen LogP contribution in [0.25, 0.3) is 28.2 Å². The van der Waals surface area contributed by atoms with E-state index in [1.807, 2.05) is 42.5 Å². The zero-order chi connectivity index (χ0) is 21.4. The zero-order valence-electron chi connectivity index (χ0n) is 15.9. The number of rotatable bonds is 3. The summed E-state index contributed by atoms with van der Waals surface area (Å²) < 4.78 is 5.86. The van der Waals surface area contributed by atoms with Crippen LogP contribution in [0.5, 0.6) is 0 Å². The number of hydrogen-bond donors (Lipinski definition) is 1. The monoisotopic (exact) mass is 464 g/mol. The number of hydrogen-bond acceptors (Lipinski definition) is 4. The van der Waals surface area contributed by atoms with Gasteiger partial charge in [-0.25, -0.2) is 4.99 Å². The Bertz CT molecular complexity index is 1370. The van der Waals surface area contributed by atoms with Crippen LogP contribution in [-0.2, 0) is 4.79 Å². The number of nitrogens with one attached hydrogen (secondary N) is 1. The average molecular weight is 465 g/mol. The average Bonchev–Trinajstić information content (AvgIpc) is 3.34. The molecule has 152 valence electrons. The number of nitrogens with zero attached hydrogens (tertiary/aromatic N) is 1. The Hall–Kier alpha value is -2.99. The molecular formula is C24H14Cl2N2O2S. The first-order chi connectivity index (χ1) is 15.1. The lowest BCUT2D eigenvalue weighted by Gasteiger charge is -2.02. The third-order valence-corrected chi connectivity index (χ3v) is 6.26. The van der Waals surface area contributed by atoms with Crippen molar-refractivity contribution in [3.05, 3.63) is 93.5 Å². The molecule has 1 N–H and O–H groups in total. The van der Waals surface area contributed by atoms with Gasteiger partial charge in [-0.1, -0.05) is 59.6 Å². The number of amides is 1. The smallest absolute Gasteiger partial charge is 0.264 e. The number of carbonyl (C=O) groups excluding carboxylic acids is 1. The lowest BCUT2D eigenvalue weighted by atomic mass is 10.1. The molecule has 31 heavy (non-hydrogen) atoms. The quantitative estimate of drug-likeness (QED) is 0.323. The molecular weight excluding hydrogens is 451 g/mol. The van der Waals surface area contributed by atoms with Gasteiger partial charge in [-0.15, -0.1) is 0 Å². The molecule has 1 aromatic heterocycles. The summed E-state index contributed by atoms with van der Waals surface area (Å²) in [5.74, 6) is 0.838. The number of thioether (sulfide) groups is 1. The summed E-state index contributed by atoms with van der Waals surface area (Å²) in [5, 5.41) is 6.55. The van der Waals surface area contributed by atoms with Gasteiger partial charge in [-0.3, -0.25) is 4.79 Å². The van der Waals surface area contributed by atoms with E-state index in [2.05, 4.69) is 10.3 Å². The first kappa shape index (κ1) is 19.9. The maximum atomic E-state index is 12.4. The van der Waals surface area contributed by atoms with Crippen molar-refractivity contribution < 1.29 is 9.21 Å². The molecule has 5 rings (SSSR count). The fourth-order valence-corrected chi connectivity index (χ4v) is 4.68. The Morgan fingerprint density at radius 1 is 0.903 bits per heavy atom. The van der Waals surface area contributed by atoms with Crippen LogP contribution in [0.15, 0.2) is 87.1 Å². The van der Waals surface area contributed by atoms with E-state index in [1.165, 1.54) is 11.8 Å². The summed E-state index contributed by atoms with van der Waals surface area (Å²) in [4.78, 5) is 17.5. The summed E-state index contributed by atoms with van der Waals surface area (Å²) in [6.07, 6.45) is 1.68. The number of fused-ring (bicyclic) bond motifs is 1. The molecule has 0 atom stereocenters. The van der Waals surface area contributed by atoms with E-state index in [-0.39, 0.29) is 5.91 Å². The molecule has 0 saturated carbocycles. The third kappa shape index (κ3) is 4.12. The van der Waals surface area contributed by atoms with Crippen molar-refractivity contribution in [1.29, 1.82) is 0 Å². The van der Waals surface area contributed by atoms with Crippen LogP contribution in [-0.4, -0.2) is 11.1 Å². The van der Waals surface area contributed by atoms with E-state index in [0.29, 0.717) is 37.2 Å². The van der Waals surface area contributed by atoms with E-state index in [4.69, 9.17) is 27.6 Å². The molecule has 4 aromatic rings. The Balaban J connectivity index is 1.40. The second-order valence-electron chi connectivity index (χ2n) is 6.81. The highest BCUT2D eigenvalue weighted by Gasteiger charge is 2.24. The third-order valence-electron chi connectivity index (χ3n) is 4.72. The second kappa shape index (κ2) is 8.27. The van der Waals surface area contributed by atoms with Gasteiger partial charge in [-0.2, -0.15) is 0 Å². The van der Waals surface area contributed by atoms with E-state index in [1.54, 1.807) is 36.4 Å². The maximum Gasteiger partial charge on any atom is 0.264 e. The van der Waals surface area contributed by atoms with Crippen molar-refractivity contribution in [3.8, 4) is 11.3 Å². The fraction of sp³-hybridized carbons (Fsp3) is 0. The van der Waals surface area contributed by atoms with Crippen molar-refractivity contribution in [1.82, 2.24) is 5.32 Å². The summed E-state index contributed by atoms with van der Waals surface area (Å²) in [7, 11) is 0. The molecule has 1 aliphatic heterocycles. The predicted molar refractivity (Wildman–Crippen MR) is 129 cm³/mol. The van der Waals surface area contributed by atoms with Crippen molar-refractivity contribution in [2.45, 2.75) is 0 Å². The van der Waals surface area contributed by atoms with Crippen LogP contribution < -0.4 is 5.32 Å². The van der Waals surface area contributed by atoms with E-state index in [0.717, 1.165) is 16.5 Å². The Morgan fingerprint density at radius 3 is 2.48 bits per heavy atom. The van der Waals surface area contributed by atoms with Crippen molar-refractivity contribution >= 4 is 68.6 Å².